The zero-order valence-corrected chi connectivity index (χ0v) is 9.96. The fourth-order valence-electron chi connectivity index (χ4n) is 1.01. The summed E-state index contributed by atoms with van der Waals surface area (Å²) in [5, 5.41) is 0. The maximum Gasteiger partial charge on any atom is 0.323 e. The first-order valence-corrected chi connectivity index (χ1v) is 5.21. The van der Waals surface area contributed by atoms with Crippen molar-refractivity contribution in [3.8, 4) is 0 Å². The van der Waals surface area contributed by atoms with Gasteiger partial charge in [-0.15, -0.1) is 0 Å². The van der Waals surface area contributed by atoms with Crippen LogP contribution in [-0.4, -0.2) is 17.6 Å². The topological polar surface area (TPSA) is 52.3 Å². The van der Waals surface area contributed by atoms with Gasteiger partial charge in [0, 0.05) is 0 Å². The van der Waals surface area contributed by atoms with E-state index >= 15 is 0 Å². The van der Waals surface area contributed by atoms with Crippen LogP contribution in [0.3, 0.4) is 0 Å². The van der Waals surface area contributed by atoms with Crippen molar-refractivity contribution >= 4 is 5.97 Å². The molecule has 0 aromatic rings. The number of rotatable bonds is 4. The first-order chi connectivity index (χ1) is 6.22. The molecule has 0 aliphatic rings. The van der Waals surface area contributed by atoms with Crippen LogP contribution in [0.25, 0.3) is 0 Å². The van der Waals surface area contributed by atoms with Crippen LogP contribution in [0.5, 0.6) is 0 Å². The van der Waals surface area contributed by atoms with E-state index in [1.165, 1.54) is 0 Å². The molecule has 0 aliphatic heterocycles. The van der Waals surface area contributed by atoms with Crippen molar-refractivity contribution in [1.82, 2.24) is 0 Å². The van der Waals surface area contributed by atoms with Gasteiger partial charge in [-0.25, -0.2) is 0 Å². The predicted octanol–water partition coefficient (Wildman–Crippen LogP) is 2.09. The number of nitrogens with two attached hydrogens (primary N) is 1. The molecule has 2 N–H and O–H groups in total. The van der Waals surface area contributed by atoms with Gasteiger partial charge in [-0.3, -0.25) is 4.79 Å². The second-order valence-electron chi connectivity index (χ2n) is 5.11. The molecule has 0 rings (SSSR count). The molecule has 3 nitrogen and oxygen atoms in total. The third kappa shape index (κ3) is 6.89. The number of carbonyl (C=O) groups excluding carboxylic acids is 1. The molecule has 14 heavy (non-hydrogen) atoms. The minimum atomic E-state index is -0.475. The Labute approximate surface area is 87.0 Å². The average molecular weight is 201 g/mol. The summed E-state index contributed by atoms with van der Waals surface area (Å²) in [7, 11) is 0. The molecule has 0 heterocycles. The molecule has 0 amide bonds. The lowest BCUT2D eigenvalue weighted by Gasteiger charge is -2.22. The van der Waals surface area contributed by atoms with Crippen LogP contribution in [0.1, 0.15) is 47.5 Å². The fourth-order valence-corrected chi connectivity index (χ4v) is 1.01. The van der Waals surface area contributed by atoms with E-state index in [4.69, 9.17) is 10.5 Å². The van der Waals surface area contributed by atoms with Crippen molar-refractivity contribution in [2.75, 3.05) is 0 Å². The summed E-state index contributed by atoms with van der Waals surface area (Å²) in [6, 6.07) is -0.475. The van der Waals surface area contributed by atoms with Gasteiger partial charge >= 0.3 is 5.97 Å². The lowest BCUT2D eigenvalue weighted by atomic mass is 10.0. The van der Waals surface area contributed by atoms with Crippen LogP contribution >= 0.6 is 0 Å². The lowest BCUT2D eigenvalue weighted by Crippen LogP contribution is -2.37. The van der Waals surface area contributed by atoms with Crippen LogP contribution in [-0.2, 0) is 9.53 Å². The number of hydrogen-bond acceptors (Lipinski definition) is 3. The third-order valence-electron chi connectivity index (χ3n) is 1.76. The van der Waals surface area contributed by atoms with Gasteiger partial charge in [-0.2, -0.15) is 0 Å². The molecule has 1 atom stereocenters. The molecule has 0 saturated heterocycles. The van der Waals surface area contributed by atoms with Gasteiger partial charge in [0.25, 0.3) is 0 Å². The molecule has 84 valence electrons. The minimum absolute atomic E-state index is 0.293. The van der Waals surface area contributed by atoms with Crippen molar-refractivity contribution in [2.45, 2.75) is 59.1 Å². The van der Waals surface area contributed by atoms with Gasteiger partial charge in [0.15, 0.2) is 0 Å². The first-order valence-electron chi connectivity index (χ1n) is 5.21. The smallest absolute Gasteiger partial charge is 0.323 e. The van der Waals surface area contributed by atoms with Gasteiger partial charge < -0.3 is 10.5 Å². The SMILES string of the molecule is CC(C)CC[C@H](N)C(=O)OC(C)(C)C. The highest BCUT2D eigenvalue weighted by molar-refractivity contribution is 5.75. The van der Waals surface area contributed by atoms with E-state index in [0.29, 0.717) is 12.3 Å². The standard InChI is InChI=1S/C11H23NO2/c1-8(2)6-7-9(12)10(13)14-11(3,4)5/h8-9H,6-7,12H2,1-5H3/t9-/m0/s1. The summed E-state index contributed by atoms with van der Waals surface area (Å²) >= 11 is 0. The summed E-state index contributed by atoms with van der Waals surface area (Å²) in [6.07, 6.45) is 1.66. The summed E-state index contributed by atoms with van der Waals surface area (Å²) in [5.74, 6) is 0.279. The molecule has 0 radical (unpaired) electrons. The van der Waals surface area contributed by atoms with Crippen LogP contribution < -0.4 is 5.73 Å². The van der Waals surface area contributed by atoms with E-state index in [1.807, 2.05) is 20.8 Å². The van der Waals surface area contributed by atoms with Crippen molar-refractivity contribution in [2.24, 2.45) is 11.7 Å². The molecular formula is C11H23NO2. The van der Waals surface area contributed by atoms with Crippen molar-refractivity contribution < 1.29 is 9.53 Å². The number of carbonyl (C=O) groups is 1. The van der Waals surface area contributed by atoms with Gasteiger partial charge in [0.2, 0.25) is 0 Å². The summed E-state index contributed by atoms with van der Waals surface area (Å²) in [4.78, 5) is 11.4. The fraction of sp³-hybridized carbons (Fsp3) is 0.909. The van der Waals surface area contributed by atoms with Gasteiger partial charge in [0.1, 0.15) is 11.6 Å². The van der Waals surface area contributed by atoms with Crippen molar-refractivity contribution in [3.63, 3.8) is 0 Å². The predicted molar refractivity (Wildman–Crippen MR) is 57.9 cm³/mol. The van der Waals surface area contributed by atoms with E-state index in [9.17, 15) is 4.79 Å². The molecule has 0 fully saturated rings. The van der Waals surface area contributed by atoms with E-state index in [-0.39, 0.29) is 5.97 Å². The van der Waals surface area contributed by atoms with Crippen molar-refractivity contribution in [3.05, 3.63) is 0 Å². The Bertz CT molecular complexity index is 182. The lowest BCUT2D eigenvalue weighted by molar-refractivity contribution is -0.156. The normalized spacial score (nSPS) is 14.2. The maximum atomic E-state index is 11.4. The molecule has 0 spiro atoms. The van der Waals surface area contributed by atoms with Gasteiger partial charge in [-0.05, 0) is 39.5 Å². The molecule has 0 aliphatic carbocycles. The van der Waals surface area contributed by atoms with E-state index in [1.54, 1.807) is 0 Å². The molecule has 0 aromatic carbocycles. The van der Waals surface area contributed by atoms with Crippen LogP contribution in [0.4, 0.5) is 0 Å². The molecule has 0 bridgehead atoms. The first kappa shape index (κ1) is 13.4. The minimum Gasteiger partial charge on any atom is -0.459 e. The Morgan fingerprint density at radius 3 is 2.14 bits per heavy atom. The molecule has 0 saturated carbocycles. The molecule has 0 aromatic heterocycles. The summed E-state index contributed by atoms with van der Waals surface area (Å²) < 4.78 is 5.17. The maximum absolute atomic E-state index is 11.4. The number of esters is 1. The Kier molecular flexibility index (Phi) is 5.13. The van der Waals surface area contributed by atoms with Crippen LogP contribution in [0, 0.1) is 5.92 Å². The van der Waals surface area contributed by atoms with Crippen LogP contribution in [0.2, 0.25) is 0 Å². The summed E-state index contributed by atoms with van der Waals surface area (Å²) in [6.45, 7) is 9.77. The number of hydrogen-bond donors (Lipinski definition) is 1. The van der Waals surface area contributed by atoms with E-state index < -0.39 is 11.6 Å². The average Bonchev–Trinajstić information content (AvgIpc) is 1.96. The van der Waals surface area contributed by atoms with Gasteiger partial charge in [0.05, 0.1) is 0 Å². The zero-order chi connectivity index (χ0) is 11.4. The highest BCUT2D eigenvalue weighted by atomic mass is 16.6. The van der Waals surface area contributed by atoms with Crippen LogP contribution in [0.15, 0.2) is 0 Å². The van der Waals surface area contributed by atoms with E-state index in [0.717, 1.165) is 6.42 Å². The Morgan fingerprint density at radius 1 is 1.29 bits per heavy atom. The third-order valence-corrected chi connectivity index (χ3v) is 1.76. The summed E-state index contributed by atoms with van der Waals surface area (Å²) in [5.41, 5.74) is 5.26. The second kappa shape index (κ2) is 5.35. The van der Waals surface area contributed by atoms with E-state index in [2.05, 4.69) is 13.8 Å². The molecule has 3 heteroatoms. The Morgan fingerprint density at radius 2 is 1.79 bits per heavy atom. The Hall–Kier alpha value is -0.570. The number of ether oxygens (including phenoxy) is 1. The Balaban J connectivity index is 3.88. The highest BCUT2D eigenvalue weighted by Gasteiger charge is 2.21. The highest BCUT2D eigenvalue weighted by Crippen LogP contribution is 2.11. The molecule has 0 unspecified atom stereocenters. The zero-order valence-electron chi connectivity index (χ0n) is 9.96. The largest absolute Gasteiger partial charge is 0.459 e. The second-order valence-corrected chi connectivity index (χ2v) is 5.11. The van der Waals surface area contributed by atoms with Gasteiger partial charge in [-0.1, -0.05) is 13.8 Å². The van der Waals surface area contributed by atoms with Crippen molar-refractivity contribution in [1.29, 1.82) is 0 Å². The molecular weight excluding hydrogens is 178 g/mol. The quantitative estimate of drug-likeness (QED) is 0.709. The monoisotopic (exact) mass is 201 g/mol.